The second-order valence-electron chi connectivity index (χ2n) is 5.60. The molecule has 0 aliphatic carbocycles. The average molecular weight is 293 g/mol. The maximum Gasteiger partial charge on any atom is 0.0952 e. The Kier molecular flexibility index (Phi) is 3.54. The van der Waals surface area contributed by atoms with Gasteiger partial charge in [-0.25, -0.2) is 4.98 Å². The predicted octanol–water partition coefficient (Wildman–Crippen LogP) is 2.52. The SMILES string of the molecule is CC1(C(O)C(c2cccc(Cl)c2)n2ccnc2)COC1. The second-order valence-corrected chi connectivity index (χ2v) is 6.04. The first kappa shape index (κ1) is 13.6. The number of aromatic nitrogens is 2. The quantitative estimate of drug-likeness (QED) is 0.942. The lowest BCUT2D eigenvalue weighted by atomic mass is 9.77. The van der Waals surface area contributed by atoms with E-state index < -0.39 is 6.10 Å². The molecule has 1 aliphatic heterocycles. The molecule has 2 heterocycles. The molecular formula is C15H17ClN2O2. The lowest BCUT2D eigenvalue weighted by molar-refractivity contribution is -0.169. The highest BCUT2D eigenvalue weighted by molar-refractivity contribution is 6.30. The van der Waals surface area contributed by atoms with E-state index in [1.54, 1.807) is 12.5 Å². The van der Waals surface area contributed by atoms with Crippen LogP contribution in [0.15, 0.2) is 43.0 Å². The largest absolute Gasteiger partial charge is 0.390 e. The van der Waals surface area contributed by atoms with E-state index in [0.29, 0.717) is 18.2 Å². The van der Waals surface area contributed by atoms with Gasteiger partial charge in [-0.15, -0.1) is 0 Å². The van der Waals surface area contributed by atoms with Gasteiger partial charge in [0.15, 0.2) is 0 Å². The highest BCUT2D eigenvalue weighted by Gasteiger charge is 2.45. The summed E-state index contributed by atoms with van der Waals surface area (Å²) < 4.78 is 7.19. The third-order valence-corrected chi connectivity index (χ3v) is 4.15. The summed E-state index contributed by atoms with van der Waals surface area (Å²) in [7, 11) is 0. The molecule has 2 aromatic rings. The summed E-state index contributed by atoms with van der Waals surface area (Å²) in [6.45, 7) is 3.18. The van der Waals surface area contributed by atoms with Crippen molar-refractivity contribution in [3.8, 4) is 0 Å². The minimum atomic E-state index is -0.566. The number of benzene rings is 1. The van der Waals surface area contributed by atoms with Gasteiger partial charge in [0.2, 0.25) is 0 Å². The molecule has 20 heavy (non-hydrogen) atoms. The number of hydrogen-bond donors (Lipinski definition) is 1. The van der Waals surface area contributed by atoms with Crippen molar-refractivity contribution < 1.29 is 9.84 Å². The van der Waals surface area contributed by atoms with Gasteiger partial charge in [-0.05, 0) is 17.7 Å². The van der Waals surface area contributed by atoms with Gasteiger partial charge in [-0.1, -0.05) is 30.7 Å². The van der Waals surface area contributed by atoms with Crippen LogP contribution in [0.25, 0.3) is 0 Å². The zero-order valence-electron chi connectivity index (χ0n) is 11.2. The zero-order valence-corrected chi connectivity index (χ0v) is 12.0. The van der Waals surface area contributed by atoms with Crippen molar-refractivity contribution >= 4 is 11.6 Å². The highest BCUT2D eigenvalue weighted by Crippen LogP contribution is 2.39. The summed E-state index contributed by atoms with van der Waals surface area (Å²) in [5.74, 6) is 0. The Balaban J connectivity index is 2.00. The summed E-state index contributed by atoms with van der Waals surface area (Å²) >= 11 is 6.09. The molecule has 1 aliphatic rings. The van der Waals surface area contributed by atoms with Gasteiger partial charge in [0, 0.05) is 22.8 Å². The fraction of sp³-hybridized carbons (Fsp3) is 0.400. The summed E-state index contributed by atoms with van der Waals surface area (Å²) in [4.78, 5) is 4.09. The number of halogens is 1. The van der Waals surface area contributed by atoms with Crippen LogP contribution in [0.1, 0.15) is 18.5 Å². The molecule has 0 spiro atoms. The molecule has 0 radical (unpaired) electrons. The molecule has 1 aromatic carbocycles. The van der Waals surface area contributed by atoms with E-state index >= 15 is 0 Å². The highest BCUT2D eigenvalue weighted by atomic mass is 35.5. The van der Waals surface area contributed by atoms with E-state index in [0.717, 1.165) is 5.56 Å². The molecule has 3 rings (SSSR count). The van der Waals surface area contributed by atoms with Crippen molar-refractivity contribution in [2.24, 2.45) is 5.41 Å². The van der Waals surface area contributed by atoms with Gasteiger partial charge >= 0.3 is 0 Å². The molecule has 0 bridgehead atoms. The minimum Gasteiger partial charge on any atom is -0.390 e. The molecule has 0 amide bonds. The van der Waals surface area contributed by atoms with E-state index in [4.69, 9.17) is 16.3 Å². The molecule has 0 saturated carbocycles. The Morgan fingerprint density at radius 1 is 1.45 bits per heavy atom. The molecule has 5 heteroatoms. The van der Waals surface area contributed by atoms with Crippen LogP contribution in [0.5, 0.6) is 0 Å². The van der Waals surface area contributed by atoms with Crippen LogP contribution in [-0.4, -0.2) is 34.0 Å². The molecule has 2 atom stereocenters. The lowest BCUT2D eigenvalue weighted by Gasteiger charge is -2.45. The monoisotopic (exact) mass is 292 g/mol. The third kappa shape index (κ3) is 2.35. The van der Waals surface area contributed by atoms with E-state index in [2.05, 4.69) is 4.98 Å². The van der Waals surface area contributed by atoms with Crippen LogP contribution < -0.4 is 0 Å². The minimum absolute atomic E-state index is 0.218. The molecular weight excluding hydrogens is 276 g/mol. The Labute approximate surface area is 123 Å². The molecule has 1 saturated heterocycles. The Morgan fingerprint density at radius 3 is 2.80 bits per heavy atom. The van der Waals surface area contributed by atoms with Gasteiger partial charge in [0.05, 0.1) is 31.7 Å². The smallest absolute Gasteiger partial charge is 0.0952 e. The fourth-order valence-corrected chi connectivity index (χ4v) is 2.82. The average Bonchev–Trinajstić information content (AvgIpc) is 2.90. The topological polar surface area (TPSA) is 47.3 Å². The van der Waals surface area contributed by atoms with Crippen LogP contribution in [0.4, 0.5) is 0 Å². The molecule has 2 unspecified atom stereocenters. The van der Waals surface area contributed by atoms with Crippen molar-refractivity contribution in [1.82, 2.24) is 9.55 Å². The van der Waals surface area contributed by atoms with Crippen LogP contribution in [0, 0.1) is 5.41 Å². The Hall–Kier alpha value is -1.36. The Morgan fingerprint density at radius 2 is 2.25 bits per heavy atom. The molecule has 4 nitrogen and oxygen atoms in total. The van der Waals surface area contributed by atoms with Crippen molar-refractivity contribution in [3.05, 3.63) is 53.6 Å². The maximum atomic E-state index is 10.8. The van der Waals surface area contributed by atoms with Gasteiger partial charge in [0.25, 0.3) is 0 Å². The van der Waals surface area contributed by atoms with Crippen molar-refractivity contribution in [1.29, 1.82) is 0 Å². The standard InChI is InChI=1S/C15H17ClN2O2/c1-15(8-20-9-15)14(19)13(18-6-5-17-10-18)11-3-2-4-12(16)7-11/h2-7,10,13-14,19H,8-9H2,1H3. The zero-order chi connectivity index (χ0) is 14.2. The number of hydrogen-bond acceptors (Lipinski definition) is 3. The molecule has 1 N–H and O–H groups in total. The van der Waals surface area contributed by atoms with Crippen molar-refractivity contribution in [2.75, 3.05) is 13.2 Å². The summed E-state index contributed by atoms with van der Waals surface area (Å²) in [5, 5.41) is 11.5. The first-order chi connectivity index (χ1) is 9.60. The van der Waals surface area contributed by atoms with Gasteiger partial charge in [0.1, 0.15) is 0 Å². The van der Waals surface area contributed by atoms with Crippen LogP contribution >= 0.6 is 11.6 Å². The van der Waals surface area contributed by atoms with Crippen molar-refractivity contribution in [3.63, 3.8) is 0 Å². The van der Waals surface area contributed by atoms with Gasteiger partial charge < -0.3 is 14.4 Å². The van der Waals surface area contributed by atoms with Crippen LogP contribution in [0.2, 0.25) is 5.02 Å². The number of nitrogens with zero attached hydrogens (tertiary/aromatic N) is 2. The van der Waals surface area contributed by atoms with E-state index in [9.17, 15) is 5.11 Å². The summed E-state index contributed by atoms with van der Waals surface area (Å²) in [5.41, 5.74) is 0.730. The number of ether oxygens (including phenoxy) is 1. The van der Waals surface area contributed by atoms with Gasteiger partial charge in [-0.2, -0.15) is 0 Å². The van der Waals surface area contributed by atoms with E-state index in [1.165, 1.54) is 0 Å². The second kappa shape index (κ2) is 5.20. The lowest BCUT2D eigenvalue weighted by Crippen LogP contribution is -2.52. The third-order valence-electron chi connectivity index (χ3n) is 3.91. The first-order valence-electron chi connectivity index (χ1n) is 6.59. The first-order valence-corrected chi connectivity index (χ1v) is 6.97. The normalized spacial score (nSPS) is 20.1. The van der Waals surface area contributed by atoms with Crippen LogP contribution in [0.3, 0.4) is 0 Å². The predicted molar refractivity (Wildman–Crippen MR) is 76.8 cm³/mol. The van der Waals surface area contributed by atoms with E-state index in [1.807, 2.05) is 42.0 Å². The number of imidazole rings is 1. The maximum absolute atomic E-state index is 10.8. The summed E-state index contributed by atoms with van der Waals surface area (Å²) in [6.07, 6.45) is 4.73. The van der Waals surface area contributed by atoms with Crippen LogP contribution in [-0.2, 0) is 4.74 Å². The molecule has 1 aromatic heterocycles. The molecule has 106 valence electrons. The number of aliphatic hydroxyl groups excluding tert-OH is 1. The van der Waals surface area contributed by atoms with E-state index in [-0.39, 0.29) is 11.5 Å². The Bertz CT molecular complexity index is 581. The molecule has 1 fully saturated rings. The fourth-order valence-electron chi connectivity index (χ4n) is 2.62. The number of rotatable bonds is 4. The number of aliphatic hydroxyl groups is 1. The summed E-state index contributed by atoms with van der Waals surface area (Å²) in [6, 6.07) is 7.37. The van der Waals surface area contributed by atoms with Gasteiger partial charge in [-0.3, -0.25) is 0 Å². The van der Waals surface area contributed by atoms with Crippen molar-refractivity contribution in [2.45, 2.75) is 19.1 Å².